The Kier molecular flexibility index (Phi) is 4.11. The van der Waals surface area contributed by atoms with Crippen molar-refractivity contribution in [2.45, 2.75) is 6.54 Å². The Labute approximate surface area is 131 Å². The third-order valence-corrected chi connectivity index (χ3v) is 3.24. The summed E-state index contributed by atoms with van der Waals surface area (Å²) in [5.74, 6) is 0.567. The maximum Gasteiger partial charge on any atom is 0.253 e. The monoisotopic (exact) mass is 313 g/mol. The molecule has 3 aromatic heterocycles. The van der Waals surface area contributed by atoms with Crippen LogP contribution in [0.5, 0.6) is 0 Å². The minimum absolute atomic E-state index is 0.206. The number of halogens is 1. The molecule has 0 saturated heterocycles. The fourth-order valence-electron chi connectivity index (χ4n) is 1.86. The second-order valence-corrected chi connectivity index (χ2v) is 4.93. The lowest BCUT2D eigenvalue weighted by Crippen LogP contribution is -2.23. The molecule has 0 aromatic carbocycles. The minimum atomic E-state index is -0.206. The quantitative estimate of drug-likeness (QED) is 0.750. The van der Waals surface area contributed by atoms with Crippen LogP contribution in [0.1, 0.15) is 15.9 Å². The molecule has 0 aliphatic heterocycles. The van der Waals surface area contributed by atoms with Crippen molar-refractivity contribution < 1.29 is 4.79 Å². The summed E-state index contributed by atoms with van der Waals surface area (Å²) in [5.41, 5.74) is 1.37. The predicted molar refractivity (Wildman–Crippen MR) is 81.8 cm³/mol. The first-order valence-corrected chi connectivity index (χ1v) is 6.93. The second-order valence-electron chi connectivity index (χ2n) is 4.55. The molecule has 0 unspecified atom stereocenters. The second kappa shape index (κ2) is 6.36. The van der Waals surface area contributed by atoms with E-state index in [4.69, 9.17) is 11.6 Å². The summed E-state index contributed by atoms with van der Waals surface area (Å²) >= 11 is 5.69. The Morgan fingerprint density at radius 2 is 2.09 bits per heavy atom. The lowest BCUT2D eigenvalue weighted by atomic mass is 10.2. The smallest absolute Gasteiger partial charge is 0.253 e. The first kappa shape index (κ1) is 14.2. The number of hydrogen-bond donors (Lipinski definition) is 1. The molecule has 3 rings (SSSR count). The van der Waals surface area contributed by atoms with E-state index in [2.05, 4.69) is 20.3 Å². The van der Waals surface area contributed by atoms with E-state index in [-0.39, 0.29) is 5.91 Å². The highest BCUT2D eigenvalue weighted by atomic mass is 35.5. The highest BCUT2D eigenvalue weighted by Gasteiger charge is 2.06. The molecule has 1 amide bonds. The molecular formula is C15H12ClN5O. The number of nitrogens with zero attached hydrogens (tertiary/aromatic N) is 4. The molecule has 0 saturated carbocycles. The third kappa shape index (κ3) is 3.29. The van der Waals surface area contributed by atoms with Crippen molar-refractivity contribution in [3.8, 4) is 5.82 Å². The van der Waals surface area contributed by atoms with Gasteiger partial charge in [0.25, 0.3) is 5.91 Å². The van der Waals surface area contributed by atoms with E-state index < -0.39 is 0 Å². The predicted octanol–water partition coefficient (Wildman–Crippen LogP) is 2.25. The molecule has 0 bridgehead atoms. The van der Waals surface area contributed by atoms with Crippen molar-refractivity contribution >= 4 is 17.5 Å². The van der Waals surface area contributed by atoms with Crippen molar-refractivity contribution in [1.29, 1.82) is 0 Å². The van der Waals surface area contributed by atoms with Crippen molar-refractivity contribution in [2.24, 2.45) is 0 Å². The molecule has 0 atom stereocenters. The van der Waals surface area contributed by atoms with E-state index >= 15 is 0 Å². The molecular weight excluding hydrogens is 302 g/mol. The Hall–Kier alpha value is -2.73. The normalized spacial score (nSPS) is 10.4. The zero-order valence-electron chi connectivity index (χ0n) is 11.5. The summed E-state index contributed by atoms with van der Waals surface area (Å²) in [6, 6.07) is 6.98. The number of rotatable bonds is 4. The fraction of sp³-hybridized carbons (Fsp3) is 0.0667. The molecule has 3 aromatic rings. The third-order valence-electron chi connectivity index (χ3n) is 3.02. The van der Waals surface area contributed by atoms with E-state index in [0.29, 0.717) is 17.3 Å². The topological polar surface area (TPSA) is 72.7 Å². The zero-order chi connectivity index (χ0) is 15.4. The largest absolute Gasteiger partial charge is 0.348 e. The molecule has 0 fully saturated rings. The van der Waals surface area contributed by atoms with Gasteiger partial charge in [-0.05, 0) is 23.8 Å². The summed E-state index contributed by atoms with van der Waals surface area (Å²) in [4.78, 5) is 24.1. The van der Waals surface area contributed by atoms with Gasteiger partial charge < -0.3 is 5.32 Å². The molecule has 22 heavy (non-hydrogen) atoms. The van der Waals surface area contributed by atoms with Crippen molar-refractivity contribution in [2.75, 3.05) is 0 Å². The minimum Gasteiger partial charge on any atom is -0.348 e. The van der Waals surface area contributed by atoms with Crippen LogP contribution in [0.4, 0.5) is 0 Å². The van der Waals surface area contributed by atoms with Crippen molar-refractivity contribution in [1.82, 2.24) is 24.8 Å². The van der Waals surface area contributed by atoms with Gasteiger partial charge in [0, 0.05) is 31.3 Å². The molecule has 0 aliphatic rings. The first-order valence-electron chi connectivity index (χ1n) is 6.55. The molecule has 0 radical (unpaired) electrons. The standard InChI is InChI=1S/C15H12ClN5O/c16-13-3-2-12(9-18-13)15(22)20-8-11-1-4-14(19-7-11)21-6-5-17-10-21/h1-7,9-10H,8H2,(H,20,22). The van der Waals surface area contributed by atoms with Gasteiger partial charge in [0.1, 0.15) is 17.3 Å². The van der Waals surface area contributed by atoms with E-state index in [0.717, 1.165) is 11.4 Å². The van der Waals surface area contributed by atoms with Gasteiger partial charge in [0.2, 0.25) is 0 Å². The lowest BCUT2D eigenvalue weighted by Gasteiger charge is -2.06. The Morgan fingerprint density at radius 1 is 1.18 bits per heavy atom. The maximum atomic E-state index is 12.0. The van der Waals surface area contributed by atoms with Crippen LogP contribution in [0.25, 0.3) is 5.82 Å². The number of pyridine rings is 2. The fourth-order valence-corrected chi connectivity index (χ4v) is 1.97. The van der Waals surface area contributed by atoms with Gasteiger partial charge in [-0.1, -0.05) is 17.7 Å². The van der Waals surface area contributed by atoms with Crippen LogP contribution >= 0.6 is 11.6 Å². The number of amides is 1. The van der Waals surface area contributed by atoms with Crippen LogP contribution in [0, 0.1) is 0 Å². The summed E-state index contributed by atoms with van der Waals surface area (Å²) in [7, 11) is 0. The van der Waals surface area contributed by atoms with Gasteiger partial charge in [-0.3, -0.25) is 9.36 Å². The van der Waals surface area contributed by atoms with Crippen LogP contribution in [0.3, 0.4) is 0 Å². The Balaban J connectivity index is 1.61. The zero-order valence-corrected chi connectivity index (χ0v) is 12.2. The molecule has 6 nitrogen and oxygen atoms in total. The van der Waals surface area contributed by atoms with Gasteiger partial charge in [0.15, 0.2) is 0 Å². The number of imidazole rings is 1. The van der Waals surface area contributed by atoms with Gasteiger partial charge in [-0.15, -0.1) is 0 Å². The van der Waals surface area contributed by atoms with E-state index in [1.54, 1.807) is 30.9 Å². The highest BCUT2D eigenvalue weighted by molar-refractivity contribution is 6.29. The molecule has 0 aliphatic carbocycles. The summed E-state index contributed by atoms with van der Waals surface area (Å²) in [5, 5.41) is 3.17. The number of carbonyl (C=O) groups is 1. The average Bonchev–Trinajstić information content (AvgIpc) is 3.08. The van der Waals surface area contributed by atoms with Gasteiger partial charge in [-0.25, -0.2) is 15.0 Å². The average molecular weight is 314 g/mol. The SMILES string of the molecule is O=C(NCc1ccc(-n2ccnc2)nc1)c1ccc(Cl)nc1. The number of hydrogen-bond acceptors (Lipinski definition) is 4. The molecule has 3 heterocycles. The molecule has 7 heteroatoms. The Bertz CT molecular complexity index is 754. The van der Waals surface area contributed by atoms with Gasteiger partial charge in [0.05, 0.1) is 5.56 Å². The van der Waals surface area contributed by atoms with E-state index in [1.807, 2.05) is 22.9 Å². The highest BCUT2D eigenvalue weighted by Crippen LogP contribution is 2.07. The maximum absolute atomic E-state index is 12.0. The number of carbonyl (C=O) groups excluding carboxylic acids is 1. The van der Waals surface area contributed by atoms with Crippen LogP contribution in [-0.4, -0.2) is 25.4 Å². The molecule has 110 valence electrons. The number of aromatic nitrogens is 4. The van der Waals surface area contributed by atoms with Crippen molar-refractivity contribution in [3.63, 3.8) is 0 Å². The summed E-state index contributed by atoms with van der Waals surface area (Å²) < 4.78 is 1.81. The lowest BCUT2D eigenvalue weighted by molar-refractivity contribution is 0.0950. The van der Waals surface area contributed by atoms with Crippen molar-refractivity contribution in [3.05, 3.63) is 71.7 Å². The summed E-state index contributed by atoms with van der Waals surface area (Å²) in [6.45, 7) is 0.388. The van der Waals surface area contributed by atoms with Gasteiger partial charge >= 0.3 is 0 Å². The molecule has 0 spiro atoms. The van der Waals surface area contributed by atoms with Crippen LogP contribution in [0.2, 0.25) is 5.15 Å². The number of nitrogens with one attached hydrogen (secondary N) is 1. The van der Waals surface area contributed by atoms with E-state index in [1.165, 1.54) is 6.20 Å². The summed E-state index contributed by atoms with van der Waals surface area (Å²) in [6.07, 6.45) is 8.35. The van der Waals surface area contributed by atoms with Crippen LogP contribution in [0.15, 0.2) is 55.4 Å². The van der Waals surface area contributed by atoms with Crippen LogP contribution in [-0.2, 0) is 6.54 Å². The first-order chi connectivity index (χ1) is 10.7. The van der Waals surface area contributed by atoms with E-state index in [9.17, 15) is 4.79 Å². The van der Waals surface area contributed by atoms with Gasteiger partial charge in [-0.2, -0.15) is 0 Å². The Morgan fingerprint density at radius 3 is 2.73 bits per heavy atom. The van der Waals surface area contributed by atoms with Crippen LogP contribution < -0.4 is 5.32 Å². The molecule has 1 N–H and O–H groups in total.